The van der Waals surface area contributed by atoms with E-state index in [4.69, 9.17) is 18.6 Å². The van der Waals surface area contributed by atoms with Gasteiger partial charge in [0.05, 0.1) is 26.9 Å². The molecule has 0 saturated carbocycles. The highest BCUT2D eigenvalue weighted by Crippen LogP contribution is 2.39. The Bertz CT molecular complexity index is 556. The molecule has 0 bridgehead atoms. The van der Waals surface area contributed by atoms with Crippen LogP contribution < -0.4 is 14.2 Å². The lowest BCUT2D eigenvalue weighted by atomic mass is 10.1. The molecule has 1 aromatic carbocycles. The minimum Gasteiger partial charge on any atom is -0.496 e. The minimum absolute atomic E-state index is 0.372. The molecular formula is C11H11IN2O4. The van der Waals surface area contributed by atoms with Crippen molar-refractivity contribution in [3.05, 3.63) is 16.0 Å². The highest BCUT2D eigenvalue weighted by molar-refractivity contribution is 14.1. The van der Waals surface area contributed by atoms with Crippen molar-refractivity contribution in [1.29, 1.82) is 0 Å². The van der Waals surface area contributed by atoms with E-state index in [2.05, 4.69) is 10.2 Å². The lowest BCUT2D eigenvalue weighted by Crippen LogP contribution is -1.95. The fourth-order valence-electron chi connectivity index (χ4n) is 1.51. The number of benzene rings is 1. The zero-order valence-corrected chi connectivity index (χ0v) is 12.2. The number of ether oxygens (including phenoxy) is 3. The van der Waals surface area contributed by atoms with Crippen molar-refractivity contribution < 1.29 is 18.6 Å². The van der Waals surface area contributed by atoms with Crippen LogP contribution in [-0.4, -0.2) is 31.5 Å². The maximum absolute atomic E-state index is 5.37. The highest BCUT2D eigenvalue weighted by atomic mass is 127. The third-order valence-electron chi connectivity index (χ3n) is 2.34. The van der Waals surface area contributed by atoms with Crippen LogP contribution >= 0.6 is 22.6 Å². The molecule has 0 N–H and O–H groups in total. The molecule has 7 heteroatoms. The summed E-state index contributed by atoms with van der Waals surface area (Å²) in [7, 11) is 4.68. The minimum atomic E-state index is 0.372. The fourth-order valence-corrected chi connectivity index (χ4v) is 1.83. The van der Waals surface area contributed by atoms with Crippen LogP contribution in [0.1, 0.15) is 0 Å². The molecule has 96 valence electrons. The Balaban J connectivity index is 2.58. The van der Waals surface area contributed by atoms with Crippen LogP contribution in [0, 0.1) is 3.90 Å². The lowest BCUT2D eigenvalue weighted by Gasteiger charge is -2.11. The molecule has 0 radical (unpaired) electrons. The Morgan fingerprint density at radius 2 is 1.56 bits per heavy atom. The molecule has 0 amide bonds. The van der Waals surface area contributed by atoms with Gasteiger partial charge >= 0.3 is 0 Å². The molecule has 0 unspecified atom stereocenters. The van der Waals surface area contributed by atoms with Crippen molar-refractivity contribution in [2.75, 3.05) is 21.3 Å². The predicted octanol–water partition coefficient (Wildman–Crippen LogP) is 2.37. The third-order valence-corrected chi connectivity index (χ3v) is 2.77. The number of hydrogen-bond acceptors (Lipinski definition) is 6. The monoisotopic (exact) mass is 362 g/mol. The van der Waals surface area contributed by atoms with Crippen LogP contribution in [0.15, 0.2) is 16.5 Å². The van der Waals surface area contributed by atoms with E-state index in [-0.39, 0.29) is 0 Å². The average molecular weight is 362 g/mol. The average Bonchev–Trinajstić information content (AvgIpc) is 2.83. The van der Waals surface area contributed by atoms with Gasteiger partial charge in [0.25, 0.3) is 9.79 Å². The smallest absolute Gasteiger partial charge is 0.278 e. The first kappa shape index (κ1) is 12.9. The molecule has 2 aromatic rings. The van der Waals surface area contributed by atoms with Crippen molar-refractivity contribution >= 4 is 22.6 Å². The first-order chi connectivity index (χ1) is 8.69. The summed E-state index contributed by atoms with van der Waals surface area (Å²) in [6.45, 7) is 0. The van der Waals surface area contributed by atoms with Gasteiger partial charge in [-0.1, -0.05) is 0 Å². The van der Waals surface area contributed by atoms with Crippen molar-refractivity contribution in [2.45, 2.75) is 0 Å². The van der Waals surface area contributed by atoms with Gasteiger partial charge in [-0.25, -0.2) is 0 Å². The van der Waals surface area contributed by atoms with Gasteiger partial charge in [-0.15, -0.1) is 10.2 Å². The van der Waals surface area contributed by atoms with Crippen molar-refractivity contribution in [3.8, 4) is 28.7 Å². The summed E-state index contributed by atoms with van der Waals surface area (Å²) in [6.07, 6.45) is 0. The zero-order chi connectivity index (χ0) is 13.1. The van der Waals surface area contributed by atoms with Gasteiger partial charge in [0.15, 0.2) is 11.5 Å². The molecule has 1 heterocycles. The molecule has 1 aromatic heterocycles. The summed E-state index contributed by atoms with van der Waals surface area (Å²) in [5.74, 6) is 2.10. The molecular weight excluding hydrogens is 351 g/mol. The summed E-state index contributed by atoms with van der Waals surface area (Å²) < 4.78 is 21.6. The van der Waals surface area contributed by atoms with Gasteiger partial charge in [-0.2, -0.15) is 0 Å². The lowest BCUT2D eigenvalue weighted by molar-refractivity contribution is 0.349. The normalized spacial score (nSPS) is 10.2. The Morgan fingerprint density at radius 1 is 0.944 bits per heavy atom. The van der Waals surface area contributed by atoms with E-state index in [1.807, 2.05) is 22.6 Å². The van der Waals surface area contributed by atoms with Crippen LogP contribution in [0.2, 0.25) is 0 Å². The molecule has 0 saturated heterocycles. The second-order valence-electron chi connectivity index (χ2n) is 3.27. The van der Waals surface area contributed by atoms with Crippen LogP contribution in [0.4, 0.5) is 0 Å². The van der Waals surface area contributed by atoms with Crippen molar-refractivity contribution in [2.24, 2.45) is 0 Å². The second kappa shape index (κ2) is 5.42. The Kier molecular flexibility index (Phi) is 3.90. The van der Waals surface area contributed by atoms with Crippen LogP contribution in [0.5, 0.6) is 17.2 Å². The molecule has 18 heavy (non-hydrogen) atoms. The molecule has 6 nitrogen and oxygen atoms in total. The van der Waals surface area contributed by atoms with E-state index in [9.17, 15) is 0 Å². The molecule has 0 aliphatic carbocycles. The van der Waals surface area contributed by atoms with Crippen LogP contribution in [0.3, 0.4) is 0 Å². The number of nitrogens with zero attached hydrogens (tertiary/aromatic N) is 2. The van der Waals surface area contributed by atoms with Crippen molar-refractivity contribution in [3.63, 3.8) is 0 Å². The molecule has 0 spiro atoms. The maximum atomic E-state index is 5.37. The quantitative estimate of drug-likeness (QED) is 0.778. The van der Waals surface area contributed by atoms with E-state index >= 15 is 0 Å². The van der Waals surface area contributed by atoms with E-state index in [1.165, 1.54) is 0 Å². The van der Waals surface area contributed by atoms with Crippen LogP contribution in [-0.2, 0) is 0 Å². The fraction of sp³-hybridized carbons (Fsp3) is 0.273. The number of halogens is 1. The van der Waals surface area contributed by atoms with E-state index < -0.39 is 0 Å². The van der Waals surface area contributed by atoms with Gasteiger partial charge < -0.3 is 18.6 Å². The molecule has 0 aliphatic heterocycles. The topological polar surface area (TPSA) is 66.6 Å². The molecule has 0 fully saturated rings. The van der Waals surface area contributed by atoms with Crippen LogP contribution in [0.25, 0.3) is 11.5 Å². The van der Waals surface area contributed by atoms with Crippen molar-refractivity contribution in [1.82, 2.24) is 10.2 Å². The Hall–Kier alpha value is -1.51. The number of hydrogen-bond donors (Lipinski definition) is 0. The maximum Gasteiger partial charge on any atom is 0.278 e. The summed E-state index contributed by atoms with van der Waals surface area (Å²) in [6, 6.07) is 3.45. The van der Waals surface area contributed by atoms with E-state index in [1.54, 1.807) is 33.5 Å². The zero-order valence-electron chi connectivity index (χ0n) is 10.1. The number of methoxy groups -OCH3 is 3. The van der Waals surface area contributed by atoms with Gasteiger partial charge in [-0.3, -0.25) is 0 Å². The summed E-state index contributed by atoms with van der Waals surface area (Å²) >= 11 is 1.95. The van der Waals surface area contributed by atoms with E-state index in [0.29, 0.717) is 32.6 Å². The van der Waals surface area contributed by atoms with Gasteiger partial charge in [0, 0.05) is 34.7 Å². The Morgan fingerprint density at radius 3 is 2.06 bits per heavy atom. The van der Waals surface area contributed by atoms with Gasteiger partial charge in [0.2, 0.25) is 0 Å². The first-order valence-corrected chi connectivity index (χ1v) is 6.07. The largest absolute Gasteiger partial charge is 0.496 e. The Labute approximate surface area is 117 Å². The summed E-state index contributed by atoms with van der Waals surface area (Å²) in [5.41, 5.74) is 0.658. The number of aromatic nitrogens is 2. The molecule has 0 atom stereocenters. The van der Waals surface area contributed by atoms with Gasteiger partial charge in [0.1, 0.15) is 5.75 Å². The summed E-state index contributed by atoms with van der Waals surface area (Å²) in [4.78, 5) is 0. The standard InChI is InChI=1S/C11H11IN2O4/c1-15-7-5-9(17-3)8(16-2)4-6(7)10-13-14-11(12)18-10/h4-5H,1-3H3. The number of rotatable bonds is 4. The van der Waals surface area contributed by atoms with E-state index in [0.717, 1.165) is 0 Å². The predicted molar refractivity (Wildman–Crippen MR) is 72.1 cm³/mol. The molecule has 2 rings (SSSR count). The third kappa shape index (κ3) is 2.35. The first-order valence-electron chi connectivity index (χ1n) is 4.99. The highest BCUT2D eigenvalue weighted by Gasteiger charge is 2.17. The second-order valence-corrected chi connectivity index (χ2v) is 4.19. The molecule has 0 aliphatic rings. The SMILES string of the molecule is COc1cc(OC)c(-c2nnc(I)o2)cc1OC. The van der Waals surface area contributed by atoms with Gasteiger partial charge in [-0.05, 0) is 0 Å². The summed E-state index contributed by atoms with van der Waals surface area (Å²) in [5, 5.41) is 7.73.